The molecule has 122 valence electrons. The fourth-order valence-electron chi connectivity index (χ4n) is 2.49. The molecule has 1 amide bonds. The molecule has 0 aliphatic carbocycles. The van der Waals surface area contributed by atoms with Crippen LogP contribution in [0.5, 0.6) is 0 Å². The topological polar surface area (TPSA) is 50.4 Å². The largest absolute Gasteiger partial charge is 0.416 e. The van der Waals surface area contributed by atoms with Gasteiger partial charge >= 0.3 is 6.18 Å². The van der Waals surface area contributed by atoms with Crippen LogP contribution in [-0.4, -0.2) is 32.7 Å². The van der Waals surface area contributed by atoms with Crippen LogP contribution in [0.1, 0.15) is 23.6 Å². The second kappa shape index (κ2) is 7.11. The Balaban J connectivity index is 2.14. The summed E-state index contributed by atoms with van der Waals surface area (Å²) in [5.74, 6) is -0.311. The third kappa shape index (κ3) is 4.20. The Morgan fingerprint density at radius 2 is 2.27 bits per heavy atom. The number of halogens is 3. The van der Waals surface area contributed by atoms with E-state index in [1.54, 1.807) is 6.07 Å². The maximum Gasteiger partial charge on any atom is 0.416 e. The molecule has 0 aromatic heterocycles. The summed E-state index contributed by atoms with van der Waals surface area (Å²) in [4.78, 5) is 12.2. The van der Waals surface area contributed by atoms with Crippen LogP contribution in [0.3, 0.4) is 0 Å². The molecule has 2 atom stereocenters. The smallest absolute Gasteiger partial charge is 0.382 e. The van der Waals surface area contributed by atoms with Crippen molar-refractivity contribution >= 4 is 5.91 Å². The van der Waals surface area contributed by atoms with E-state index < -0.39 is 17.8 Å². The summed E-state index contributed by atoms with van der Waals surface area (Å²) in [6.45, 7) is 1.48. The Bertz CT molecular complexity index is 514. The molecule has 1 aliphatic rings. The highest BCUT2D eigenvalue weighted by Crippen LogP contribution is 2.31. The van der Waals surface area contributed by atoms with E-state index in [0.29, 0.717) is 12.1 Å². The van der Waals surface area contributed by atoms with Gasteiger partial charge in [-0.25, -0.2) is 0 Å². The van der Waals surface area contributed by atoms with Gasteiger partial charge in [-0.2, -0.15) is 13.2 Å². The van der Waals surface area contributed by atoms with E-state index in [-0.39, 0.29) is 18.4 Å². The van der Waals surface area contributed by atoms with Crippen molar-refractivity contribution in [2.75, 3.05) is 26.8 Å². The Morgan fingerprint density at radius 1 is 1.50 bits per heavy atom. The molecule has 0 bridgehead atoms. The molecule has 1 aromatic carbocycles. The van der Waals surface area contributed by atoms with Gasteiger partial charge in [0, 0.05) is 13.7 Å². The van der Waals surface area contributed by atoms with Crippen LogP contribution in [0.15, 0.2) is 24.3 Å². The summed E-state index contributed by atoms with van der Waals surface area (Å²) in [5.41, 5.74) is -0.348. The van der Waals surface area contributed by atoms with Crippen molar-refractivity contribution in [3.8, 4) is 0 Å². The third-order valence-corrected chi connectivity index (χ3v) is 3.70. The van der Waals surface area contributed by atoms with Crippen LogP contribution in [0.2, 0.25) is 0 Å². The number of hydrogen-bond acceptors (Lipinski definition) is 3. The number of hydrogen-bond donors (Lipinski definition) is 2. The monoisotopic (exact) mass is 316 g/mol. The summed E-state index contributed by atoms with van der Waals surface area (Å²) in [5, 5.41) is 5.87. The second-order valence-corrected chi connectivity index (χ2v) is 5.33. The van der Waals surface area contributed by atoms with Crippen LogP contribution >= 0.6 is 0 Å². The summed E-state index contributed by atoms with van der Waals surface area (Å²) < 4.78 is 43.4. The molecule has 2 rings (SSSR count). The minimum Gasteiger partial charge on any atom is -0.382 e. The quantitative estimate of drug-likeness (QED) is 0.875. The first kappa shape index (κ1) is 16.8. The minimum absolute atomic E-state index is 0.118. The molecule has 1 fully saturated rings. The summed E-state index contributed by atoms with van der Waals surface area (Å²) in [6.07, 6.45) is -3.68. The zero-order valence-electron chi connectivity index (χ0n) is 12.2. The van der Waals surface area contributed by atoms with E-state index in [4.69, 9.17) is 4.74 Å². The molecule has 22 heavy (non-hydrogen) atoms. The minimum atomic E-state index is -4.41. The molecular weight excluding hydrogens is 297 g/mol. The lowest BCUT2D eigenvalue weighted by Gasteiger charge is -2.21. The van der Waals surface area contributed by atoms with Crippen molar-refractivity contribution in [3.05, 3.63) is 35.4 Å². The summed E-state index contributed by atoms with van der Waals surface area (Å²) >= 11 is 0. The number of carbonyl (C=O) groups excluding carboxylic acids is 1. The second-order valence-electron chi connectivity index (χ2n) is 5.33. The molecule has 7 heteroatoms. The van der Waals surface area contributed by atoms with Crippen LogP contribution in [0, 0.1) is 5.92 Å². The molecule has 0 saturated carbocycles. The Hall–Kier alpha value is -1.60. The van der Waals surface area contributed by atoms with E-state index in [1.807, 2.05) is 0 Å². The first-order valence-corrected chi connectivity index (χ1v) is 7.09. The number of benzene rings is 1. The van der Waals surface area contributed by atoms with E-state index in [0.717, 1.165) is 25.1 Å². The fraction of sp³-hybridized carbons (Fsp3) is 0.533. The predicted molar refractivity (Wildman–Crippen MR) is 75.2 cm³/mol. The van der Waals surface area contributed by atoms with Gasteiger partial charge in [0.1, 0.15) is 0 Å². The van der Waals surface area contributed by atoms with Gasteiger partial charge in [0.25, 0.3) is 0 Å². The number of carbonyl (C=O) groups is 1. The number of alkyl halides is 3. The number of methoxy groups -OCH3 is 1. The van der Waals surface area contributed by atoms with Crippen molar-refractivity contribution in [1.29, 1.82) is 0 Å². The average molecular weight is 316 g/mol. The SMILES string of the molecule is COC[C@H](NC(=O)[C@@H]1CCNC1)c1cccc(C(F)(F)F)c1. The third-order valence-electron chi connectivity index (χ3n) is 3.70. The Labute approximate surface area is 127 Å². The fourth-order valence-corrected chi connectivity index (χ4v) is 2.49. The average Bonchev–Trinajstić information content (AvgIpc) is 3.00. The maximum absolute atomic E-state index is 12.8. The van der Waals surface area contributed by atoms with Crippen molar-refractivity contribution < 1.29 is 22.7 Å². The molecular formula is C15H19F3N2O2. The van der Waals surface area contributed by atoms with Gasteiger partial charge in [-0.3, -0.25) is 4.79 Å². The lowest BCUT2D eigenvalue weighted by atomic mass is 10.0. The van der Waals surface area contributed by atoms with Crippen LogP contribution in [-0.2, 0) is 15.7 Å². The van der Waals surface area contributed by atoms with E-state index in [9.17, 15) is 18.0 Å². The number of nitrogens with one attached hydrogen (secondary N) is 2. The first-order valence-electron chi connectivity index (χ1n) is 7.09. The highest BCUT2D eigenvalue weighted by Gasteiger charge is 2.31. The summed E-state index contributed by atoms with van der Waals surface area (Å²) in [7, 11) is 1.45. The highest BCUT2D eigenvalue weighted by molar-refractivity contribution is 5.79. The normalized spacial score (nSPS) is 19.9. The van der Waals surface area contributed by atoms with Gasteiger partial charge in [-0.15, -0.1) is 0 Å². The molecule has 1 saturated heterocycles. The number of ether oxygens (including phenoxy) is 1. The standard InChI is InChI=1S/C15H19F3N2O2/c1-22-9-13(20-14(21)11-5-6-19-8-11)10-3-2-4-12(7-10)15(16,17)18/h2-4,7,11,13,19H,5-6,8-9H2,1H3,(H,20,21)/t11-,13+/m1/s1. The molecule has 1 heterocycles. The number of amides is 1. The Morgan fingerprint density at radius 3 is 2.86 bits per heavy atom. The van der Waals surface area contributed by atoms with Gasteiger partial charge in [0.05, 0.1) is 24.1 Å². The van der Waals surface area contributed by atoms with E-state index in [2.05, 4.69) is 10.6 Å². The van der Waals surface area contributed by atoms with Gasteiger partial charge in [-0.05, 0) is 30.7 Å². The predicted octanol–water partition coefficient (Wildman–Crippen LogP) is 2.12. The maximum atomic E-state index is 12.8. The number of rotatable bonds is 5. The zero-order chi connectivity index (χ0) is 16.2. The van der Waals surface area contributed by atoms with Gasteiger partial charge in [0.15, 0.2) is 0 Å². The van der Waals surface area contributed by atoms with E-state index >= 15 is 0 Å². The molecule has 1 aliphatic heterocycles. The Kier molecular flexibility index (Phi) is 5.42. The molecule has 1 aromatic rings. The highest BCUT2D eigenvalue weighted by atomic mass is 19.4. The van der Waals surface area contributed by atoms with Crippen molar-refractivity contribution in [2.24, 2.45) is 5.92 Å². The van der Waals surface area contributed by atoms with Crippen molar-refractivity contribution in [2.45, 2.75) is 18.6 Å². The summed E-state index contributed by atoms with van der Waals surface area (Å²) in [6, 6.07) is 4.36. The lowest BCUT2D eigenvalue weighted by molar-refractivity contribution is -0.137. The zero-order valence-corrected chi connectivity index (χ0v) is 12.2. The van der Waals surface area contributed by atoms with Crippen molar-refractivity contribution in [1.82, 2.24) is 10.6 Å². The van der Waals surface area contributed by atoms with Crippen LogP contribution in [0.25, 0.3) is 0 Å². The van der Waals surface area contributed by atoms with Gasteiger partial charge in [0.2, 0.25) is 5.91 Å². The molecule has 2 N–H and O–H groups in total. The molecule has 0 unspecified atom stereocenters. The van der Waals surface area contributed by atoms with E-state index in [1.165, 1.54) is 13.2 Å². The molecule has 4 nitrogen and oxygen atoms in total. The first-order chi connectivity index (χ1) is 10.4. The van der Waals surface area contributed by atoms with Crippen LogP contribution < -0.4 is 10.6 Å². The van der Waals surface area contributed by atoms with Crippen LogP contribution in [0.4, 0.5) is 13.2 Å². The van der Waals surface area contributed by atoms with Gasteiger partial charge in [-0.1, -0.05) is 12.1 Å². The van der Waals surface area contributed by atoms with Crippen molar-refractivity contribution in [3.63, 3.8) is 0 Å². The lowest BCUT2D eigenvalue weighted by Crippen LogP contribution is -2.36. The van der Waals surface area contributed by atoms with Gasteiger partial charge < -0.3 is 15.4 Å². The molecule has 0 spiro atoms. The molecule has 0 radical (unpaired) electrons.